The summed E-state index contributed by atoms with van der Waals surface area (Å²) >= 11 is 5.80. The molecule has 0 bridgehead atoms. The zero-order chi connectivity index (χ0) is 14.9. The second-order valence-corrected chi connectivity index (χ2v) is 7.19. The van der Waals surface area contributed by atoms with Crippen LogP contribution in [0.1, 0.15) is 18.5 Å². The van der Waals surface area contributed by atoms with Crippen molar-refractivity contribution in [3.8, 4) is 0 Å². The summed E-state index contributed by atoms with van der Waals surface area (Å²) in [5.41, 5.74) is 0.730. The van der Waals surface area contributed by atoms with E-state index in [4.69, 9.17) is 11.6 Å². The van der Waals surface area contributed by atoms with Gasteiger partial charge < -0.3 is 0 Å². The number of sulfonamides is 1. The highest BCUT2D eigenvalue weighted by Crippen LogP contribution is 2.33. The summed E-state index contributed by atoms with van der Waals surface area (Å²) in [5, 5.41) is 0.171. The van der Waals surface area contributed by atoms with E-state index < -0.39 is 10.0 Å². The van der Waals surface area contributed by atoms with Gasteiger partial charge in [0, 0.05) is 18.4 Å². The Morgan fingerprint density at radius 3 is 2.62 bits per heavy atom. The summed E-state index contributed by atoms with van der Waals surface area (Å²) in [4.78, 5) is 8.21. The molecule has 0 saturated heterocycles. The van der Waals surface area contributed by atoms with Crippen LogP contribution in [0.25, 0.3) is 0 Å². The lowest BCUT2D eigenvalue weighted by Gasteiger charge is -2.21. The molecule has 1 aliphatic carbocycles. The molecule has 3 rings (SSSR count). The fourth-order valence-electron chi connectivity index (χ4n) is 2.10. The van der Waals surface area contributed by atoms with Gasteiger partial charge in [-0.3, -0.25) is 4.98 Å². The van der Waals surface area contributed by atoms with Gasteiger partial charge in [-0.2, -0.15) is 4.31 Å². The van der Waals surface area contributed by atoms with Crippen LogP contribution in [0.3, 0.4) is 0 Å². The Morgan fingerprint density at radius 2 is 2.00 bits per heavy atom. The van der Waals surface area contributed by atoms with Crippen molar-refractivity contribution in [3.63, 3.8) is 0 Å². The Hall–Kier alpha value is -1.50. The normalized spacial score (nSPS) is 15.3. The number of pyridine rings is 2. The van der Waals surface area contributed by atoms with Gasteiger partial charge >= 0.3 is 0 Å². The highest BCUT2D eigenvalue weighted by atomic mass is 35.5. The lowest BCUT2D eigenvalue weighted by atomic mass is 10.3. The standard InChI is InChI=1S/C14H14ClN3O2S/c15-14-9-13(6-8-17-14)21(19,20)18(12-4-5-12)10-11-3-1-2-7-16-11/h1-3,6-9,12H,4-5,10H2. The number of hydrogen-bond acceptors (Lipinski definition) is 4. The molecule has 2 aromatic rings. The fraction of sp³-hybridized carbons (Fsp3) is 0.286. The molecule has 1 saturated carbocycles. The first-order valence-corrected chi connectivity index (χ1v) is 8.42. The first-order valence-electron chi connectivity index (χ1n) is 6.61. The molecule has 0 N–H and O–H groups in total. The number of nitrogens with zero attached hydrogens (tertiary/aromatic N) is 3. The molecule has 5 nitrogen and oxygen atoms in total. The first-order chi connectivity index (χ1) is 10.1. The summed E-state index contributed by atoms with van der Waals surface area (Å²) in [5.74, 6) is 0. The van der Waals surface area contributed by atoms with E-state index in [9.17, 15) is 8.42 Å². The van der Waals surface area contributed by atoms with Crippen LogP contribution >= 0.6 is 11.6 Å². The highest BCUT2D eigenvalue weighted by Gasteiger charge is 2.38. The molecule has 0 amide bonds. The molecule has 7 heteroatoms. The molecule has 1 fully saturated rings. The third kappa shape index (κ3) is 3.23. The molecule has 21 heavy (non-hydrogen) atoms. The van der Waals surface area contributed by atoms with Crippen LogP contribution in [0.5, 0.6) is 0 Å². The molecule has 0 unspecified atom stereocenters. The molecule has 2 aromatic heterocycles. The maximum Gasteiger partial charge on any atom is 0.243 e. The van der Waals surface area contributed by atoms with Gasteiger partial charge in [0.25, 0.3) is 0 Å². The maximum atomic E-state index is 12.8. The fourth-order valence-corrected chi connectivity index (χ4v) is 4.01. The quantitative estimate of drug-likeness (QED) is 0.793. The van der Waals surface area contributed by atoms with E-state index in [2.05, 4.69) is 9.97 Å². The molecular formula is C14H14ClN3O2S. The zero-order valence-corrected chi connectivity index (χ0v) is 12.8. The van der Waals surface area contributed by atoms with Crippen LogP contribution < -0.4 is 0 Å². The highest BCUT2D eigenvalue weighted by molar-refractivity contribution is 7.89. The first kappa shape index (κ1) is 14.4. The zero-order valence-electron chi connectivity index (χ0n) is 11.2. The van der Waals surface area contributed by atoms with Gasteiger partial charge in [0.1, 0.15) is 5.15 Å². The SMILES string of the molecule is O=S(=O)(c1ccnc(Cl)c1)N(Cc1ccccn1)C1CC1. The minimum absolute atomic E-state index is 0.0453. The monoisotopic (exact) mass is 323 g/mol. The van der Waals surface area contributed by atoms with E-state index in [0.717, 1.165) is 18.5 Å². The number of hydrogen-bond donors (Lipinski definition) is 0. The van der Waals surface area contributed by atoms with E-state index in [1.54, 1.807) is 6.20 Å². The Balaban J connectivity index is 1.93. The second kappa shape index (κ2) is 5.71. The molecule has 1 aliphatic rings. The van der Waals surface area contributed by atoms with Gasteiger partial charge in [-0.15, -0.1) is 0 Å². The van der Waals surface area contributed by atoms with Gasteiger partial charge in [0.2, 0.25) is 10.0 Å². The van der Waals surface area contributed by atoms with Gasteiger partial charge in [-0.25, -0.2) is 13.4 Å². The van der Waals surface area contributed by atoms with Crippen LogP contribution in [0.4, 0.5) is 0 Å². The van der Waals surface area contributed by atoms with Crippen molar-refractivity contribution in [1.82, 2.24) is 14.3 Å². The Labute approximate surface area is 128 Å². The van der Waals surface area contributed by atoms with Crippen LogP contribution in [-0.4, -0.2) is 28.7 Å². The van der Waals surface area contributed by atoms with Crippen molar-refractivity contribution >= 4 is 21.6 Å². The van der Waals surface area contributed by atoms with Gasteiger partial charge in [0.05, 0.1) is 17.1 Å². The topological polar surface area (TPSA) is 63.2 Å². The van der Waals surface area contributed by atoms with E-state index in [-0.39, 0.29) is 22.6 Å². The molecule has 0 spiro atoms. The molecule has 0 aromatic carbocycles. The van der Waals surface area contributed by atoms with Crippen molar-refractivity contribution in [1.29, 1.82) is 0 Å². The summed E-state index contributed by atoms with van der Waals surface area (Å²) < 4.78 is 27.1. The third-order valence-electron chi connectivity index (χ3n) is 3.30. The van der Waals surface area contributed by atoms with Crippen LogP contribution in [0.2, 0.25) is 5.15 Å². The molecule has 0 radical (unpaired) electrons. The minimum Gasteiger partial charge on any atom is -0.260 e. The maximum absolute atomic E-state index is 12.8. The van der Waals surface area contributed by atoms with Gasteiger partial charge in [0.15, 0.2) is 0 Å². The van der Waals surface area contributed by atoms with Gasteiger partial charge in [-0.05, 0) is 37.1 Å². The van der Waals surface area contributed by atoms with E-state index in [1.165, 1.54) is 22.6 Å². The van der Waals surface area contributed by atoms with Crippen LogP contribution in [0, 0.1) is 0 Å². The average molecular weight is 324 g/mol. The minimum atomic E-state index is -3.59. The van der Waals surface area contributed by atoms with Crippen molar-refractivity contribution in [2.75, 3.05) is 0 Å². The summed E-state index contributed by atoms with van der Waals surface area (Å²) in [6.45, 7) is 0.272. The van der Waals surface area contributed by atoms with Crippen molar-refractivity contribution < 1.29 is 8.42 Å². The van der Waals surface area contributed by atoms with Crippen molar-refractivity contribution in [2.24, 2.45) is 0 Å². The molecule has 0 atom stereocenters. The summed E-state index contributed by atoms with van der Waals surface area (Å²) in [6.07, 6.45) is 4.83. The van der Waals surface area contributed by atoms with Crippen molar-refractivity contribution in [3.05, 3.63) is 53.6 Å². The molecular weight excluding hydrogens is 310 g/mol. The molecule has 0 aliphatic heterocycles. The second-order valence-electron chi connectivity index (χ2n) is 4.92. The molecule has 110 valence electrons. The number of rotatable bonds is 5. The van der Waals surface area contributed by atoms with E-state index in [0.29, 0.717) is 0 Å². The third-order valence-corrected chi connectivity index (χ3v) is 5.40. The summed E-state index contributed by atoms with van der Waals surface area (Å²) in [6, 6.07) is 8.37. The Kier molecular flexibility index (Phi) is 3.93. The lowest BCUT2D eigenvalue weighted by Crippen LogP contribution is -2.33. The van der Waals surface area contributed by atoms with Crippen LogP contribution in [-0.2, 0) is 16.6 Å². The Morgan fingerprint density at radius 1 is 1.19 bits per heavy atom. The van der Waals surface area contributed by atoms with E-state index >= 15 is 0 Å². The van der Waals surface area contributed by atoms with Gasteiger partial charge in [-0.1, -0.05) is 17.7 Å². The largest absolute Gasteiger partial charge is 0.260 e. The van der Waals surface area contributed by atoms with Crippen molar-refractivity contribution in [2.45, 2.75) is 30.3 Å². The Bertz CT molecular complexity index is 733. The molecule has 2 heterocycles. The number of halogens is 1. The number of aromatic nitrogens is 2. The van der Waals surface area contributed by atoms with Crippen LogP contribution in [0.15, 0.2) is 47.6 Å². The lowest BCUT2D eigenvalue weighted by molar-refractivity contribution is 0.394. The average Bonchev–Trinajstić information content (AvgIpc) is 3.30. The smallest absolute Gasteiger partial charge is 0.243 e. The summed E-state index contributed by atoms with van der Waals surface area (Å²) in [7, 11) is -3.59. The van der Waals surface area contributed by atoms with E-state index in [1.807, 2.05) is 18.2 Å². The predicted molar refractivity (Wildman–Crippen MR) is 79.2 cm³/mol. The predicted octanol–water partition coefficient (Wildman–Crippen LogP) is 2.48.